The van der Waals surface area contributed by atoms with E-state index in [0.717, 1.165) is 38.8 Å². The second-order valence-electron chi connectivity index (χ2n) is 5.79. The van der Waals surface area contributed by atoms with Crippen molar-refractivity contribution in [1.29, 1.82) is 0 Å². The molecule has 0 radical (unpaired) electrons. The summed E-state index contributed by atoms with van der Waals surface area (Å²) in [5.74, 6) is 0.585. The molecule has 1 fully saturated rings. The molecule has 19 heavy (non-hydrogen) atoms. The minimum absolute atomic E-state index is 0.259. The number of fused-ring (bicyclic) bond motifs is 1. The van der Waals surface area contributed by atoms with Gasteiger partial charge in [0.2, 0.25) is 5.91 Å². The molecule has 1 saturated carbocycles. The Bertz CT molecular complexity index is 468. The Labute approximate surface area is 115 Å². The van der Waals surface area contributed by atoms with E-state index in [1.807, 2.05) is 0 Å². The third kappa shape index (κ3) is 2.75. The Hall–Kier alpha value is -1.51. The van der Waals surface area contributed by atoms with Gasteiger partial charge < -0.3 is 10.2 Å². The lowest BCUT2D eigenvalue weighted by Gasteiger charge is -2.24. The van der Waals surface area contributed by atoms with E-state index in [0.29, 0.717) is 12.0 Å². The van der Waals surface area contributed by atoms with Crippen molar-refractivity contribution < 1.29 is 4.79 Å². The maximum atomic E-state index is 11.5. The second kappa shape index (κ2) is 5.24. The van der Waals surface area contributed by atoms with E-state index in [2.05, 4.69) is 41.4 Å². The summed E-state index contributed by atoms with van der Waals surface area (Å²) in [5, 5.41) is 3.04. The summed E-state index contributed by atoms with van der Waals surface area (Å²) in [5.41, 5.74) is 2.83. The number of hydrogen-bond acceptors (Lipinski definition) is 2. The van der Waals surface area contributed by atoms with Gasteiger partial charge in [0.25, 0.3) is 0 Å². The van der Waals surface area contributed by atoms with Crippen molar-refractivity contribution in [2.75, 3.05) is 18.0 Å². The summed E-state index contributed by atoms with van der Waals surface area (Å²) in [4.78, 5) is 14.0. The first-order valence-corrected chi connectivity index (χ1v) is 7.38. The molecule has 1 N–H and O–H groups in total. The van der Waals surface area contributed by atoms with Gasteiger partial charge in [0.1, 0.15) is 0 Å². The number of anilines is 1. The zero-order chi connectivity index (χ0) is 13.2. The Morgan fingerprint density at radius 3 is 2.95 bits per heavy atom. The van der Waals surface area contributed by atoms with E-state index < -0.39 is 0 Å². The predicted molar refractivity (Wildman–Crippen MR) is 77.3 cm³/mol. The first-order chi connectivity index (χ1) is 9.25. The van der Waals surface area contributed by atoms with Crippen molar-refractivity contribution in [1.82, 2.24) is 5.32 Å². The molecule has 0 aromatic heterocycles. The molecule has 1 aliphatic carbocycles. The molecule has 1 unspecified atom stereocenters. The van der Waals surface area contributed by atoms with E-state index in [4.69, 9.17) is 0 Å². The molecule has 3 rings (SSSR count). The predicted octanol–water partition coefficient (Wildman–Crippen LogP) is 2.35. The fraction of sp³-hybridized carbons (Fsp3) is 0.562. The smallest absolute Gasteiger partial charge is 0.223 e. The van der Waals surface area contributed by atoms with Crippen molar-refractivity contribution in [2.45, 2.75) is 38.6 Å². The second-order valence-corrected chi connectivity index (χ2v) is 5.79. The minimum atomic E-state index is 0.259. The molecular formula is C16H22N2O. The first-order valence-electron chi connectivity index (χ1n) is 7.38. The quantitative estimate of drug-likeness (QED) is 0.822. The number of carbonyl (C=O) groups is 1. The van der Waals surface area contributed by atoms with Crippen molar-refractivity contribution in [3.8, 4) is 0 Å². The Balaban J connectivity index is 1.48. The van der Waals surface area contributed by atoms with Crippen LogP contribution >= 0.6 is 0 Å². The lowest BCUT2D eigenvalue weighted by molar-refractivity contribution is -0.122. The third-order valence-electron chi connectivity index (χ3n) is 4.17. The molecule has 1 aliphatic heterocycles. The molecule has 0 spiro atoms. The number of benzene rings is 1. The van der Waals surface area contributed by atoms with Gasteiger partial charge in [0.15, 0.2) is 0 Å². The molecule has 3 heteroatoms. The van der Waals surface area contributed by atoms with Gasteiger partial charge in [-0.3, -0.25) is 4.79 Å². The lowest BCUT2D eigenvalue weighted by Crippen LogP contribution is -2.33. The molecule has 1 amide bonds. The van der Waals surface area contributed by atoms with Crippen LogP contribution in [0.25, 0.3) is 0 Å². The fourth-order valence-electron chi connectivity index (χ4n) is 2.92. The van der Waals surface area contributed by atoms with Gasteiger partial charge in [0.05, 0.1) is 0 Å². The normalized spacial score (nSPS) is 21.3. The van der Waals surface area contributed by atoms with Crippen LogP contribution in [-0.2, 0) is 11.2 Å². The number of rotatable bonds is 5. The molecule has 1 aromatic rings. The van der Waals surface area contributed by atoms with Crippen LogP contribution in [0, 0.1) is 5.92 Å². The van der Waals surface area contributed by atoms with E-state index in [1.54, 1.807) is 0 Å². The number of hydrogen-bond donors (Lipinski definition) is 1. The van der Waals surface area contributed by atoms with Crippen LogP contribution < -0.4 is 10.2 Å². The van der Waals surface area contributed by atoms with Gasteiger partial charge in [-0.1, -0.05) is 18.2 Å². The summed E-state index contributed by atoms with van der Waals surface area (Å²) in [6.07, 6.45) is 4.34. The van der Waals surface area contributed by atoms with Gasteiger partial charge in [-0.15, -0.1) is 0 Å². The van der Waals surface area contributed by atoms with E-state index >= 15 is 0 Å². The number of carbonyl (C=O) groups excluding carboxylic acids is 1. The largest absolute Gasteiger partial charge is 0.368 e. The summed E-state index contributed by atoms with van der Waals surface area (Å²) >= 11 is 0. The molecule has 2 aliphatic rings. The van der Waals surface area contributed by atoms with Gasteiger partial charge in [-0.2, -0.15) is 0 Å². The number of amides is 1. The van der Waals surface area contributed by atoms with E-state index in [-0.39, 0.29) is 5.91 Å². The van der Waals surface area contributed by atoms with E-state index in [9.17, 15) is 4.79 Å². The zero-order valence-corrected chi connectivity index (χ0v) is 11.6. The van der Waals surface area contributed by atoms with Gasteiger partial charge in [-0.05, 0) is 44.2 Å². The van der Waals surface area contributed by atoms with Crippen LogP contribution in [0.3, 0.4) is 0 Å². The molecule has 1 heterocycles. The standard InChI is InChI=1S/C16H22N2O/c1-12-11-14-5-2-3-6-15(14)18(12)10-4-9-17-16(19)13-7-8-13/h2-3,5-6,12-13H,4,7-11H2,1H3,(H,17,19). The molecule has 102 valence electrons. The number of nitrogens with one attached hydrogen (secondary N) is 1. The van der Waals surface area contributed by atoms with Crippen LogP contribution in [0.5, 0.6) is 0 Å². The fourth-order valence-corrected chi connectivity index (χ4v) is 2.92. The molecule has 1 atom stereocenters. The van der Waals surface area contributed by atoms with Crippen LogP contribution in [-0.4, -0.2) is 25.0 Å². The third-order valence-corrected chi connectivity index (χ3v) is 4.17. The zero-order valence-electron chi connectivity index (χ0n) is 11.6. The highest BCUT2D eigenvalue weighted by atomic mass is 16.2. The molecule has 0 bridgehead atoms. The Morgan fingerprint density at radius 2 is 2.16 bits per heavy atom. The first kappa shape index (κ1) is 12.5. The van der Waals surface area contributed by atoms with Gasteiger partial charge in [0, 0.05) is 30.7 Å². The molecule has 1 aromatic carbocycles. The maximum Gasteiger partial charge on any atom is 0.223 e. The highest BCUT2D eigenvalue weighted by molar-refractivity contribution is 5.80. The van der Waals surface area contributed by atoms with Crippen LogP contribution in [0.1, 0.15) is 31.7 Å². The summed E-state index contributed by atoms with van der Waals surface area (Å²) in [6.45, 7) is 4.12. The average Bonchev–Trinajstić information content (AvgIpc) is 3.20. The number of para-hydroxylation sites is 1. The summed E-state index contributed by atoms with van der Waals surface area (Å²) in [6, 6.07) is 9.24. The van der Waals surface area contributed by atoms with Crippen LogP contribution in [0.4, 0.5) is 5.69 Å². The Morgan fingerprint density at radius 1 is 1.37 bits per heavy atom. The molecule has 0 saturated heterocycles. The number of nitrogens with zero attached hydrogens (tertiary/aromatic N) is 1. The van der Waals surface area contributed by atoms with E-state index in [1.165, 1.54) is 11.3 Å². The highest BCUT2D eigenvalue weighted by Crippen LogP contribution is 2.31. The van der Waals surface area contributed by atoms with Gasteiger partial charge in [-0.25, -0.2) is 0 Å². The SMILES string of the molecule is CC1Cc2ccccc2N1CCCNC(=O)C1CC1. The average molecular weight is 258 g/mol. The van der Waals surface area contributed by atoms with Crippen LogP contribution in [0.2, 0.25) is 0 Å². The van der Waals surface area contributed by atoms with Crippen molar-refractivity contribution >= 4 is 11.6 Å². The van der Waals surface area contributed by atoms with Crippen molar-refractivity contribution in [3.05, 3.63) is 29.8 Å². The van der Waals surface area contributed by atoms with Crippen LogP contribution in [0.15, 0.2) is 24.3 Å². The summed E-state index contributed by atoms with van der Waals surface area (Å²) < 4.78 is 0. The maximum absolute atomic E-state index is 11.5. The Kier molecular flexibility index (Phi) is 3.45. The van der Waals surface area contributed by atoms with Crippen molar-refractivity contribution in [3.63, 3.8) is 0 Å². The molecule has 3 nitrogen and oxygen atoms in total. The lowest BCUT2D eigenvalue weighted by atomic mass is 10.1. The van der Waals surface area contributed by atoms with Crippen molar-refractivity contribution in [2.24, 2.45) is 5.92 Å². The topological polar surface area (TPSA) is 32.3 Å². The minimum Gasteiger partial charge on any atom is -0.368 e. The monoisotopic (exact) mass is 258 g/mol. The summed E-state index contributed by atoms with van der Waals surface area (Å²) in [7, 11) is 0. The molecular weight excluding hydrogens is 236 g/mol. The highest BCUT2D eigenvalue weighted by Gasteiger charge is 2.29. The van der Waals surface area contributed by atoms with Gasteiger partial charge >= 0.3 is 0 Å².